The molecule has 0 heterocycles. The van der Waals surface area contributed by atoms with Gasteiger partial charge in [-0.05, 0) is 20.3 Å². The zero-order valence-corrected chi connectivity index (χ0v) is 9.40. The second-order valence-corrected chi connectivity index (χ2v) is 3.36. The Morgan fingerprint density at radius 3 is 2.62 bits per heavy atom. The molecule has 0 bridgehead atoms. The number of nitrogens with zero attached hydrogens (tertiary/aromatic N) is 1. The average molecular weight is 228 g/mol. The van der Waals surface area contributed by atoms with Crippen molar-refractivity contribution in [1.82, 2.24) is 5.32 Å². The normalized spacial score (nSPS) is 13.6. The molecule has 1 amide bonds. The van der Waals surface area contributed by atoms with Gasteiger partial charge in [-0.15, -0.1) is 0 Å². The lowest BCUT2D eigenvalue weighted by Crippen LogP contribution is -2.43. The van der Waals surface area contributed by atoms with Crippen LogP contribution in [0, 0.1) is 17.2 Å². The molecule has 0 aliphatic rings. The summed E-state index contributed by atoms with van der Waals surface area (Å²) < 4.78 is 4.84. The van der Waals surface area contributed by atoms with Gasteiger partial charge < -0.3 is 15.2 Å². The molecule has 6 nitrogen and oxygen atoms in total. The van der Waals surface area contributed by atoms with Crippen molar-refractivity contribution in [2.24, 2.45) is 5.92 Å². The molecule has 0 aliphatic heterocycles. The van der Waals surface area contributed by atoms with Crippen LogP contribution < -0.4 is 5.32 Å². The van der Waals surface area contributed by atoms with Crippen LogP contribution in [-0.2, 0) is 14.3 Å². The number of hydrogen-bond donors (Lipinski definition) is 2. The molecule has 0 spiro atoms. The molecular formula is C10H16N2O4. The standard InChI is InChI=1S/C10H16N2O4/c1-3-16-6-9(13)12-8(10(14)15)4-7(2)5-11/h7-8H,3-4,6H2,1-2H3,(H,12,13)(H,14,15)/t7-,8-/m0/s1. The van der Waals surface area contributed by atoms with E-state index in [1.807, 2.05) is 6.07 Å². The molecule has 6 heteroatoms. The Bertz CT molecular complexity index is 285. The summed E-state index contributed by atoms with van der Waals surface area (Å²) in [4.78, 5) is 22.0. The average Bonchev–Trinajstić information content (AvgIpc) is 2.24. The number of hydrogen-bond acceptors (Lipinski definition) is 4. The van der Waals surface area contributed by atoms with Crippen molar-refractivity contribution in [3.63, 3.8) is 0 Å². The van der Waals surface area contributed by atoms with Gasteiger partial charge in [-0.2, -0.15) is 5.26 Å². The van der Waals surface area contributed by atoms with Crippen LogP contribution in [0.4, 0.5) is 0 Å². The number of carbonyl (C=O) groups is 2. The van der Waals surface area contributed by atoms with Gasteiger partial charge in [0.15, 0.2) is 0 Å². The van der Waals surface area contributed by atoms with E-state index in [0.717, 1.165) is 0 Å². The van der Waals surface area contributed by atoms with E-state index < -0.39 is 23.8 Å². The van der Waals surface area contributed by atoms with Gasteiger partial charge >= 0.3 is 5.97 Å². The molecule has 0 saturated carbocycles. The second kappa shape index (κ2) is 7.65. The first kappa shape index (κ1) is 14.4. The van der Waals surface area contributed by atoms with Crippen molar-refractivity contribution in [1.29, 1.82) is 5.26 Å². The Kier molecular flexibility index (Phi) is 6.88. The van der Waals surface area contributed by atoms with Crippen molar-refractivity contribution in [3.05, 3.63) is 0 Å². The lowest BCUT2D eigenvalue weighted by atomic mass is 10.0. The fourth-order valence-corrected chi connectivity index (χ4v) is 1.06. The predicted octanol–water partition coefficient (Wildman–Crippen LogP) is 0.142. The van der Waals surface area contributed by atoms with Gasteiger partial charge in [0.1, 0.15) is 12.6 Å². The molecule has 16 heavy (non-hydrogen) atoms. The third kappa shape index (κ3) is 5.98. The number of aliphatic carboxylic acids is 1. The summed E-state index contributed by atoms with van der Waals surface area (Å²) in [5.74, 6) is -2.06. The minimum absolute atomic E-state index is 0.0870. The second-order valence-electron chi connectivity index (χ2n) is 3.36. The molecule has 0 radical (unpaired) electrons. The van der Waals surface area contributed by atoms with Crippen LogP contribution in [0.25, 0.3) is 0 Å². The van der Waals surface area contributed by atoms with Crippen LogP contribution in [0.3, 0.4) is 0 Å². The van der Waals surface area contributed by atoms with Gasteiger partial charge in [-0.3, -0.25) is 4.79 Å². The number of carboxylic acids is 1. The van der Waals surface area contributed by atoms with Crippen LogP contribution in [0.1, 0.15) is 20.3 Å². The van der Waals surface area contributed by atoms with Gasteiger partial charge in [-0.1, -0.05) is 0 Å². The summed E-state index contributed by atoms with van der Waals surface area (Å²) in [5, 5.41) is 19.7. The first-order valence-electron chi connectivity index (χ1n) is 5.00. The van der Waals surface area contributed by atoms with Crippen molar-refractivity contribution < 1.29 is 19.4 Å². The van der Waals surface area contributed by atoms with Gasteiger partial charge in [0.05, 0.1) is 6.07 Å². The Morgan fingerprint density at radius 1 is 1.56 bits per heavy atom. The minimum atomic E-state index is -1.15. The number of amides is 1. The van der Waals surface area contributed by atoms with Crippen molar-refractivity contribution in [2.75, 3.05) is 13.2 Å². The van der Waals surface area contributed by atoms with Gasteiger partial charge in [0.2, 0.25) is 5.91 Å². The Labute approximate surface area is 94.2 Å². The SMILES string of the molecule is CCOCC(=O)N[C@@H](C[C@H](C)C#N)C(=O)O. The highest BCUT2D eigenvalue weighted by Crippen LogP contribution is 2.04. The molecular weight excluding hydrogens is 212 g/mol. The fraction of sp³-hybridized carbons (Fsp3) is 0.700. The summed E-state index contributed by atoms with van der Waals surface area (Å²) in [7, 11) is 0. The largest absolute Gasteiger partial charge is 0.480 e. The van der Waals surface area contributed by atoms with E-state index in [1.165, 1.54) is 0 Å². The van der Waals surface area contributed by atoms with Crippen LogP contribution in [0.5, 0.6) is 0 Å². The number of carbonyl (C=O) groups excluding carboxylic acids is 1. The maximum atomic E-state index is 11.2. The monoisotopic (exact) mass is 228 g/mol. The van der Waals surface area contributed by atoms with E-state index in [-0.39, 0.29) is 13.0 Å². The van der Waals surface area contributed by atoms with Crippen LogP contribution in [0.2, 0.25) is 0 Å². The van der Waals surface area contributed by atoms with E-state index in [2.05, 4.69) is 5.32 Å². The highest BCUT2D eigenvalue weighted by Gasteiger charge is 2.22. The smallest absolute Gasteiger partial charge is 0.326 e. The van der Waals surface area contributed by atoms with Crippen molar-refractivity contribution in [3.8, 4) is 6.07 Å². The fourth-order valence-electron chi connectivity index (χ4n) is 1.06. The maximum absolute atomic E-state index is 11.2. The van der Waals surface area contributed by atoms with E-state index in [1.54, 1.807) is 13.8 Å². The summed E-state index contributed by atoms with van der Waals surface area (Å²) in [5.41, 5.74) is 0. The number of nitriles is 1. The number of rotatable bonds is 7. The first-order valence-corrected chi connectivity index (χ1v) is 5.00. The molecule has 0 saturated heterocycles. The van der Waals surface area contributed by atoms with Crippen molar-refractivity contribution >= 4 is 11.9 Å². The van der Waals surface area contributed by atoms with Gasteiger partial charge in [-0.25, -0.2) is 4.79 Å². The molecule has 0 aromatic carbocycles. The molecule has 0 aromatic heterocycles. The Balaban J connectivity index is 4.19. The summed E-state index contributed by atoms with van der Waals surface area (Å²) in [6.07, 6.45) is 0.0870. The van der Waals surface area contributed by atoms with Gasteiger partial charge in [0, 0.05) is 12.5 Å². The maximum Gasteiger partial charge on any atom is 0.326 e. The molecule has 2 atom stereocenters. The van der Waals surface area contributed by atoms with E-state index in [0.29, 0.717) is 6.61 Å². The van der Waals surface area contributed by atoms with Crippen LogP contribution >= 0.6 is 0 Å². The van der Waals surface area contributed by atoms with Gasteiger partial charge in [0.25, 0.3) is 0 Å². The van der Waals surface area contributed by atoms with E-state index in [4.69, 9.17) is 15.1 Å². The number of ether oxygens (including phenoxy) is 1. The lowest BCUT2D eigenvalue weighted by molar-refractivity contribution is -0.142. The lowest BCUT2D eigenvalue weighted by Gasteiger charge is -2.15. The summed E-state index contributed by atoms with van der Waals surface area (Å²) in [6.45, 7) is 3.56. The Hall–Kier alpha value is -1.61. The molecule has 90 valence electrons. The van der Waals surface area contributed by atoms with Crippen LogP contribution in [-0.4, -0.2) is 36.2 Å². The molecule has 0 rings (SSSR count). The topological polar surface area (TPSA) is 99.4 Å². The summed E-state index contributed by atoms with van der Waals surface area (Å²) >= 11 is 0. The molecule has 0 unspecified atom stereocenters. The minimum Gasteiger partial charge on any atom is -0.480 e. The highest BCUT2D eigenvalue weighted by atomic mass is 16.5. The zero-order valence-electron chi connectivity index (χ0n) is 9.40. The first-order chi connectivity index (χ1) is 7.51. The molecule has 0 aromatic rings. The zero-order chi connectivity index (χ0) is 12.6. The predicted molar refractivity (Wildman–Crippen MR) is 55.5 cm³/mol. The summed E-state index contributed by atoms with van der Waals surface area (Å²) in [6, 6.07) is 0.882. The number of carboxylic acid groups (broad SMARTS) is 1. The molecule has 0 fully saturated rings. The van der Waals surface area contributed by atoms with E-state index >= 15 is 0 Å². The highest BCUT2D eigenvalue weighted by molar-refractivity contribution is 5.84. The quantitative estimate of drug-likeness (QED) is 0.645. The molecule has 0 aliphatic carbocycles. The molecule has 2 N–H and O–H groups in total. The third-order valence-corrected chi connectivity index (χ3v) is 1.88. The van der Waals surface area contributed by atoms with E-state index in [9.17, 15) is 9.59 Å². The van der Waals surface area contributed by atoms with Crippen LogP contribution in [0.15, 0.2) is 0 Å². The number of nitrogens with one attached hydrogen (secondary N) is 1. The third-order valence-electron chi connectivity index (χ3n) is 1.88. The van der Waals surface area contributed by atoms with Crippen molar-refractivity contribution in [2.45, 2.75) is 26.3 Å². The Morgan fingerprint density at radius 2 is 2.19 bits per heavy atom.